The number of thiophene rings is 1. The lowest BCUT2D eigenvalue weighted by molar-refractivity contribution is -0.143. The molecular formula is C17H7F6N5O2S3. The van der Waals surface area contributed by atoms with Crippen molar-refractivity contribution >= 4 is 40.4 Å². The molecule has 33 heavy (non-hydrogen) atoms. The van der Waals surface area contributed by atoms with Crippen molar-refractivity contribution < 1.29 is 36.2 Å². The second-order valence-corrected chi connectivity index (χ2v) is 9.18. The van der Waals surface area contributed by atoms with E-state index in [1.165, 1.54) is 16.8 Å². The molecule has 3 aromatic heterocycles. The van der Waals surface area contributed by atoms with E-state index in [0.29, 0.717) is 12.1 Å². The van der Waals surface area contributed by atoms with Crippen molar-refractivity contribution in [3.05, 3.63) is 51.7 Å². The number of hydrogen-bond donors (Lipinski definition) is 1. The van der Waals surface area contributed by atoms with Gasteiger partial charge in [0.25, 0.3) is 0 Å². The van der Waals surface area contributed by atoms with E-state index >= 15 is 0 Å². The monoisotopic (exact) mass is 523 g/mol. The Morgan fingerprint density at radius 3 is 2.30 bits per heavy atom. The fourth-order valence-electron chi connectivity index (χ4n) is 2.62. The number of halogens is 6. The topological polar surface area (TPSA) is 93.8 Å². The van der Waals surface area contributed by atoms with Crippen LogP contribution in [0.3, 0.4) is 0 Å². The lowest BCUT2D eigenvalue weighted by Crippen LogP contribution is -2.11. The second-order valence-electron chi connectivity index (χ2n) is 6.21. The quantitative estimate of drug-likeness (QED) is 0.334. The highest BCUT2D eigenvalue weighted by molar-refractivity contribution is 8.00. The summed E-state index contributed by atoms with van der Waals surface area (Å²) in [6.45, 7) is 0. The van der Waals surface area contributed by atoms with Crippen molar-refractivity contribution in [1.82, 2.24) is 25.2 Å². The first kappa shape index (κ1) is 23.2. The molecule has 16 heteroatoms. The third kappa shape index (κ3) is 4.86. The zero-order chi connectivity index (χ0) is 24.0. The minimum absolute atomic E-state index is 0.0424. The van der Waals surface area contributed by atoms with Crippen LogP contribution < -0.4 is 0 Å². The van der Waals surface area contributed by atoms with E-state index in [2.05, 4.69) is 20.5 Å². The van der Waals surface area contributed by atoms with Crippen LogP contribution in [0, 0.1) is 0 Å². The Kier molecular flexibility index (Phi) is 5.92. The van der Waals surface area contributed by atoms with Crippen LogP contribution >= 0.6 is 34.4 Å². The molecule has 172 valence electrons. The van der Waals surface area contributed by atoms with Crippen molar-refractivity contribution in [3.8, 4) is 16.3 Å². The van der Waals surface area contributed by atoms with Crippen LogP contribution in [0.25, 0.3) is 16.3 Å². The van der Waals surface area contributed by atoms with Gasteiger partial charge in [-0.15, -0.1) is 27.8 Å². The van der Waals surface area contributed by atoms with Gasteiger partial charge in [-0.25, -0.2) is 9.78 Å². The molecule has 0 aliphatic rings. The van der Waals surface area contributed by atoms with Gasteiger partial charge in [0.15, 0.2) is 4.34 Å². The average molecular weight is 523 g/mol. The smallest absolute Gasteiger partial charge is 0.416 e. The fraction of sp³-hybridized carbons (Fsp3) is 0.118. The summed E-state index contributed by atoms with van der Waals surface area (Å²) >= 11 is 2.90. The first-order valence-corrected chi connectivity index (χ1v) is 11.0. The van der Waals surface area contributed by atoms with E-state index in [4.69, 9.17) is 0 Å². The van der Waals surface area contributed by atoms with E-state index in [-0.39, 0.29) is 37.4 Å². The minimum Gasteiger partial charge on any atom is -0.478 e. The summed E-state index contributed by atoms with van der Waals surface area (Å²) in [5.41, 5.74) is -3.39. The molecule has 3 heterocycles. The highest BCUT2D eigenvalue weighted by Crippen LogP contribution is 2.40. The SMILES string of the molecule is O=C(O)c1ccsc1-n1nnnc1Sc1nc(-c2cc(C(F)(F)F)cc(C(F)(F)F)c2)cs1. The summed E-state index contributed by atoms with van der Waals surface area (Å²) in [6, 6.07) is 2.59. The molecule has 0 spiro atoms. The molecule has 0 saturated heterocycles. The van der Waals surface area contributed by atoms with Crippen molar-refractivity contribution in [2.75, 3.05) is 0 Å². The van der Waals surface area contributed by atoms with Crippen LogP contribution in [0.15, 0.2) is 44.5 Å². The molecule has 0 radical (unpaired) electrons. The van der Waals surface area contributed by atoms with Crippen molar-refractivity contribution in [3.63, 3.8) is 0 Å². The Bertz CT molecular complexity index is 1290. The van der Waals surface area contributed by atoms with Crippen LogP contribution in [0.4, 0.5) is 26.3 Å². The molecule has 0 unspecified atom stereocenters. The Morgan fingerprint density at radius 2 is 1.70 bits per heavy atom. The van der Waals surface area contributed by atoms with Crippen LogP contribution in [-0.4, -0.2) is 36.3 Å². The van der Waals surface area contributed by atoms with Gasteiger partial charge in [0.05, 0.1) is 22.4 Å². The lowest BCUT2D eigenvalue weighted by atomic mass is 10.0. The Morgan fingerprint density at radius 1 is 1.03 bits per heavy atom. The first-order chi connectivity index (χ1) is 15.4. The maximum absolute atomic E-state index is 13.1. The molecule has 1 N–H and O–H groups in total. The summed E-state index contributed by atoms with van der Waals surface area (Å²) < 4.78 is 80.1. The second kappa shape index (κ2) is 8.42. The van der Waals surface area contributed by atoms with E-state index in [1.54, 1.807) is 0 Å². The summed E-state index contributed by atoms with van der Waals surface area (Å²) in [7, 11) is 0. The highest BCUT2D eigenvalue weighted by Gasteiger charge is 2.37. The van der Waals surface area contributed by atoms with Gasteiger partial charge in [-0.3, -0.25) is 0 Å². The normalized spacial score (nSPS) is 12.3. The number of thiazole rings is 1. The van der Waals surface area contributed by atoms with Gasteiger partial charge in [-0.2, -0.15) is 31.0 Å². The Balaban J connectivity index is 1.68. The van der Waals surface area contributed by atoms with Gasteiger partial charge in [-0.1, -0.05) is 0 Å². The number of carbonyl (C=O) groups is 1. The number of nitrogens with zero attached hydrogens (tertiary/aromatic N) is 5. The Labute approximate surface area is 191 Å². The van der Waals surface area contributed by atoms with E-state index in [9.17, 15) is 36.2 Å². The molecule has 4 rings (SSSR count). The maximum atomic E-state index is 13.1. The average Bonchev–Trinajstić information content (AvgIpc) is 3.47. The molecule has 1 aromatic carbocycles. The van der Waals surface area contributed by atoms with Crippen LogP contribution in [-0.2, 0) is 12.4 Å². The van der Waals surface area contributed by atoms with Gasteiger partial charge in [0.1, 0.15) is 5.00 Å². The number of aromatic nitrogens is 5. The molecule has 4 aromatic rings. The summed E-state index contributed by atoms with van der Waals surface area (Å²) in [5, 5.41) is 23.5. The maximum Gasteiger partial charge on any atom is 0.416 e. The van der Waals surface area contributed by atoms with Gasteiger partial charge >= 0.3 is 18.3 Å². The summed E-state index contributed by atoms with van der Waals surface area (Å²) in [5.74, 6) is -1.20. The summed E-state index contributed by atoms with van der Waals surface area (Å²) in [4.78, 5) is 15.5. The van der Waals surface area contributed by atoms with Crippen LogP contribution in [0.5, 0.6) is 0 Å². The highest BCUT2D eigenvalue weighted by atomic mass is 32.2. The number of hydrogen-bond acceptors (Lipinski definition) is 8. The number of tetrazole rings is 1. The largest absolute Gasteiger partial charge is 0.478 e. The van der Waals surface area contributed by atoms with Crippen molar-refractivity contribution in [1.29, 1.82) is 0 Å². The standard InChI is InChI=1S/C17H7F6N5O2S3/c18-16(19,20)8-3-7(4-9(5-8)17(21,22)23)11-6-32-15(24-11)33-14-25-26-27-28(14)12-10(13(29)30)1-2-31-12/h1-6H,(H,29,30). The molecule has 0 atom stereocenters. The predicted molar refractivity (Wildman–Crippen MR) is 106 cm³/mol. The number of benzene rings is 1. The minimum atomic E-state index is -4.98. The van der Waals surface area contributed by atoms with Gasteiger partial charge in [-0.05, 0) is 51.8 Å². The van der Waals surface area contributed by atoms with Crippen molar-refractivity contribution in [2.24, 2.45) is 0 Å². The van der Waals surface area contributed by atoms with Gasteiger partial charge < -0.3 is 5.11 Å². The number of rotatable bonds is 5. The molecule has 0 fully saturated rings. The third-order valence-electron chi connectivity index (χ3n) is 4.05. The number of aromatic carboxylic acids is 1. The molecule has 0 bridgehead atoms. The first-order valence-electron chi connectivity index (χ1n) is 8.46. The third-order valence-corrected chi connectivity index (χ3v) is 6.82. The number of carboxylic acids is 1. The van der Waals surface area contributed by atoms with Crippen LogP contribution in [0.2, 0.25) is 0 Å². The van der Waals surface area contributed by atoms with Crippen LogP contribution in [0.1, 0.15) is 21.5 Å². The fourth-order valence-corrected chi connectivity index (χ4v) is 5.22. The number of alkyl halides is 6. The molecule has 0 aliphatic carbocycles. The zero-order valence-corrected chi connectivity index (χ0v) is 18.0. The summed E-state index contributed by atoms with van der Waals surface area (Å²) in [6.07, 6.45) is -9.96. The molecule has 0 amide bonds. The lowest BCUT2D eigenvalue weighted by Gasteiger charge is -2.13. The van der Waals surface area contributed by atoms with E-state index < -0.39 is 29.4 Å². The van der Waals surface area contributed by atoms with E-state index in [1.807, 2.05) is 0 Å². The van der Waals surface area contributed by atoms with Gasteiger partial charge in [0, 0.05) is 10.9 Å². The van der Waals surface area contributed by atoms with Gasteiger partial charge in [0.2, 0.25) is 5.16 Å². The Hall–Kier alpha value is -2.98. The molecule has 7 nitrogen and oxygen atoms in total. The van der Waals surface area contributed by atoms with Crippen molar-refractivity contribution in [2.45, 2.75) is 21.8 Å². The number of carboxylic acid groups (broad SMARTS) is 1. The molecule has 0 aliphatic heterocycles. The molecule has 0 saturated carbocycles. The molecular weight excluding hydrogens is 516 g/mol. The predicted octanol–water partition coefficient (Wildman–Crippen LogP) is 5.73. The zero-order valence-electron chi connectivity index (χ0n) is 15.5. The van der Waals surface area contributed by atoms with E-state index in [0.717, 1.165) is 39.1 Å².